The molecule has 2 atom stereocenters. The van der Waals surface area contributed by atoms with E-state index in [2.05, 4.69) is 0 Å². The molecule has 2 rings (SSSR count). The van der Waals surface area contributed by atoms with Gasteiger partial charge in [-0.3, -0.25) is 4.79 Å². The van der Waals surface area contributed by atoms with E-state index >= 15 is 0 Å². The molecule has 0 bridgehead atoms. The Kier molecular flexibility index (Phi) is 3.82. The molecule has 0 spiro atoms. The minimum Gasteiger partial charge on any atom is -0.324 e. The number of benzene rings is 1. The summed E-state index contributed by atoms with van der Waals surface area (Å²) in [6.45, 7) is 4.72. The highest BCUT2D eigenvalue weighted by atomic mass is 16.2. The summed E-state index contributed by atoms with van der Waals surface area (Å²) < 4.78 is 0. The highest BCUT2D eigenvalue weighted by molar-refractivity contribution is 5.96. The number of nitrogens with two attached hydrogens (primary N) is 1. The normalized spacial score (nSPS) is 22.2. The molecule has 96 valence electrons. The van der Waals surface area contributed by atoms with Crippen LogP contribution >= 0.6 is 0 Å². The maximum Gasteiger partial charge on any atom is 0.233 e. The second-order valence-electron chi connectivity index (χ2n) is 4.81. The lowest BCUT2D eigenvalue weighted by Crippen LogP contribution is -2.35. The van der Waals surface area contributed by atoms with E-state index in [1.54, 1.807) is 0 Å². The summed E-state index contributed by atoms with van der Waals surface area (Å²) in [6, 6.07) is 8.07. The number of anilines is 1. The van der Waals surface area contributed by atoms with Crippen molar-refractivity contribution >= 4 is 11.6 Å². The lowest BCUT2D eigenvalue weighted by Gasteiger charge is -2.24. The van der Waals surface area contributed by atoms with Crippen LogP contribution in [-0.4, -0.2) is 18.5 Å². The molecule has 0 heterocycles. The van der Waals surface area contributed by atoms with Crippen molar-refractivity contribution in [3.8, 4) is 0 Å². The van der Waals surface area contributed by atoms with E-state index in [9.17, 15) is 4.79 Å². The average molecular weight is 244 g/mol. The summed E-state index contributed by atoms with van der Waals surface area (Å²) in [5, 5.41) is 0. The van der Waals surface area contributed by atoms with Gasteiger partial charge in [0.1, 0.15) is 0 Å². The molecule has 1 amide bonds. The molecule has 3 nitrogen and oxygen atoms in total. The summed E-state index contributed by atoms with van der Waals surface area (Å²) in [5.41, 5.74) is 7.96. The summed E-state index contributed by atoms with van der Waals surface area (Å²) >= 11 is 0. The van der Waals surface area contributed by atoms with Gasteiger partial charge in [0.2, 0.25) is 5.91 Å². The lowest BCUT2D eigenvalue weighted by molar-refractivity contribution is -0.121. The highest BCUT2D eigenvalue weighted by Gasteiger charge is 2.27. The van der Waals surface area contributed by atoms with E-state index in [1.165, 1.54) is 5.56 Å². The third-order valence-electron chi connectivity index (χ3n) is 3.36. The Morgan fingerprint density at radius 2 is 2.00 bits per heavy atom. The monoisotopic (exact) mass is 244 g/mol. The van der Waals surface area contributed by atoms with Crippen molar-refractivity contribution in [2.45, 2.75) is 26.3 Å². The van der Waals surface area contributed by atoms with Gasteiger partial charge >= 0.3 is 0 Å². The first-order valence-corrected chi connectivity index (χ1v) is 6.43. The Labute approximate surface area is 108 Å². The Bertz CT molecular complexity index is 450. The van der Waals surface area contributed by atoms with Crippen molar-refractivity contribution < 1.29 is 4.79 Å². The molecule has 18 heavy (non-hydrogen) atoms. The van der Waals surface area contributed by atoms with Crippen LogP contribution in [0.15, 0.2) is 36.4 Å². The van der Waals surface area contributed by atoms with Crippen LogP contribution in [0.5, 0.6) is 0 Å². The number of aryl methyl sites for hydroxylation is 1. The van der Waals surface area contributed by atoms with Crippen molar-refractivity contribution in [3.05, 3.63) is 42.0 Å². The molecule has 0 saturated heterocycles. The van der Waals surface area contributed by atoms with E-state index in [-0.39, 0.29) is 17.9 Å². The van der Waals surface area contributed by atoms with Crippen molar-refractivity contribution in [1.82, 2.24) is 0 Å². The first-order chi connectivity index (χ1) is 8.61. The number of carbonyl (C=O) groups is 1. The van der Waals surface area contributed by atoms with Gasteiger partial charge in [0.05, 0.1) is 5.92 Å². The second kappa shape index (κ2) is 5.36. The van der Waals surface area contributed by atoms with E-state index in [1.807, 2.05) is 55.2 Å². The molecule has 1 aromatic carbocycles. The fourth-order valence-electron chi connectivity index (χ4n) is 2.30. The number of amides is 1. The molecule has 1 aromatic rings. The number of carbonyl (C=O) groups excluding carboxylic acids is 1. The molecule has 0 radical (unpaired) electrons. The maximum absolute atomic E-state index is 12.4. The average Bonchev–Trinajstić information content (AvgIpc) is 2.79. The van der Waals surface area contributed by atoms with Crippen molar-refractivity contribution in [2.75, 3.05) is 11.4 Å². The van der Waals surface area contributed by atoms with Crippen LogP contribution in [-0.2, 0) is 4.79 Å². The number of nitrogens with zero attached hydrogens (tertiary/aromatic N) is 1. The maximum atomic E-state index is 12.4. The van der Waals surface area contributed by atoms with Gasteiger partial charge in [-0.1, -0.05) is 29.8 Å². The lowest BCUT2D eigenvalue weighted by atomic mass is 10.1. The Morgan fingerprint density at radius 1 is 1.33 bits per heavy atom. The summed E-state index contributed by atoms with van der Waals surface area (Å²) in [6.07, 6.45) is 4.58. The zero-order valence-corrected chi connectivity index (χ0v) is 11.0. The summed E-state index contributed by atoms with van der Waals surface area (Å²) in [5.74, 6) is 0.0757. The Balaban J connectivity index is 2.16. The zero-order chi connectivity index (χ0) is 13.1. The number of rotatable bonds is 3. The molecular weight excluding hydrogens is 224 g/mol. The standard InChI is InChI=1S/C15H20N2O/c1-3-17(14-8-4-11(2)5-9-14)15(18)12-6-7-13(16)10-12/h4-9,12-13H,3,10,16H2,1-2H3. The SMILES string of the molecule is CCN(C(=O)C1C=CC(N)C1)c1ccc(C)cc1. The van der Waals surface area contributed by atoms with Crippen LogP contribution in [0.25, 0.3) is 0 Å². The van der Waals surface area contributed by atoms with Crippen molar-refractivity contribution in [3.63, 3.8) is 0 Å². The van der Waals surface area contributed by atoms with Gasteiger partial charge < -0.3 is 10.6 Å². The third-order valence-corrected chi connectivity index (χ3v) is 3.36. The first kappa shape index (κ1) is 12.8. The Hall–Kier alpha value is -1.61. The van der Waals surface area contributed by atoms with Crippen LogP contribution < -0.4 is 10.6 Å². The van der Waals surface area contributed by atoms with Crippen LogP contribution in [0.2, 0.25) is 0 Å². The predicted molar refractivity (Wildman–Crippen MR) is 74.4 cm³/mol. The highest BCUT2D eigenvalue weighted by Crippen LogP contribution is 2.23. The fraction of sp³-hybridized carbons (Fsp3) is 0.400. The van der Waals surface area contributed by atoms with Gasteiger partial charge in [-0.05, 0) is 32.4 Å². The van der Waals surface area contributed by atoms with Crippen LogP contribution in [0.4, 0.5) is 5.69 Å². The second-order valence-corrected chi connectivity index (χ2v) is 4.81. The number of hydrogen-bond donors (Lipinski definition) is 1. The topological polar surface area (TPSA) is 46.3 Å². The van der Waals surface area contributed by atoms with Gasteiger partial charge in [0, 0.05) is 18.3 Å². The van der Waals surface area contributed by atoms with Crippen LogP contribution in [0.3, 0.4) is 0 Å². The van der Waals surface area contributed by atoms with Crippen molar-refractivity contribution in [1.29, 1.82) is 0 Å². The van der Waals surface area contributed by atoms with E-state index < -0.39 is 0 Å². The van der Waals surface area contributed by atoms with Crippen LogP contribution in [0.1, 0.15) is 18.9 Å². The van der Waals surface area contributed by atoms with Gasteiger partial charge in [-0.2, -0.15) is 0 Å². The van der Waals surface area contributed by atoms with Crippen molar-refractivity contribution in [2.24, 2.45) is 11.7 Å². The summed E-state index contributed by atoms with van der Waals surface area (Å²) in [7, 11) is 0. The van der Waals surface area contributed by atoms with E-state index in [4.69, 9.17) is 5.73 Å². The first-order valence-electron chi connectivity index (χ1n) is 6.43. The minimum atomic E-state index is -0.0683. The predicted octanol–water partition coefficient (Wildman–Crippen LogP) is 2.25. The molecule has 2 unspecified atom stereocenters. The smallest absolute Gasteiger partial charge is 0.233 e. The molecule has 1 aliphatic carbocycles. The van der Waals surface area contributed by atoms with Gasteiger partial charge in [0.15, 0.2) is 0 Å². The minimum absolute atomic E-state index is 0.0238. The quantitative estimate of drug-likeness (QED) is 0.829. The Morgan fingerprint density at radius 3 is 2.50 bits per heavy atom. The van der Waals surface area contributed by atoms with Crippen LogP contribution in [0, 0.1) is 12.8 Å². The fourth-order valence-corrected chi connectivity index (χ4v) is 2.30. The molecule has 0 aromatic heterocycles. The summed E-state index contributed by atoms with van der Waals surface area (Å²) in [4.78, 5) is 14.3. The molecule has 0 fully saturated rings. The molecule has 2 N–H and O–H groups in total. The molecular formula is C15H20N2O. The largest absolute Gasteiger partial charge is 0.324 e. The van der Waals surface area contributed by atoms with Gasteiger partial charge in [0.25, 0.3) is 0 Å². The molecule has 1 aliphatic rings. The van der Waals surface area contributed by atoms with Gasteiger partial charge in [-0.25, -0.2) is 0 Å². The molecule has 3 heteroatoms. The third kappa shape index (κ3) is 2.62. The van der Waals surface area contributed by atoms with Gasteiger partial charge in [-0.15, -0.1) is 0 Å². The zero-order valence-electron chi connectivity index (χ0n) is 11.0. The number of hydrogen-bond acceptors (Lipinski definition) is 2. The van der Waals surface area contributed by atoms with E-state index in [0.717, 1.165) is 12.1 Å². The van der Waals surface area contributed by atoms with E-state index in [0.29, 0.717) is 6.54 Å². The molecule has 0 aliphatic heterocycles. The molecule has 0 saturated carbocycles.